The molecule has 2 aromatic carbocycles. The third kappa shape index (κ3) is 3.62. The second-order valence-electron chi connectivity index (χ2n) is 5.76. The van der Waals surface area contributed by atoms with Gasteiger partial charge in [-0.05, 0) is 36.8 Å². The van der Waals surface area contributed by atoms with Gasteiger partial charge in [0.05, 0.1) is 6.04 Å². The Balaban J connectivity index is 1.66. The zero-order valence-electron chi connectivity index (χ0n) is 13.6. The number of hydrogen-bond acceptors (Lipinski definition) is 2. The number of amides is 2. The van der Waals surface area contributed by atoms with Gasteiger partial charge in [0.15, 0.2) is 0 Å². The minimum atomic E-state index is -0.153. The highest BCUT2D eigenvalue weighted by molar-refractivity contribution is 9.10. The van der Waals surface area contributed by atoms with Crippen molar-refractivity contribution >= 4 is 32.9 Å². The van der Waals surface area contributed by atoms with Gasteiger partial charge in [-0.3, -0.25) is 0 Å². The largest absolute Gasteiger partial charge is 0.459 e. The molecule has 3 rings (SSSR count). The molecule has 124 valence electrons. The molecular formula is C19H19BrN2O2. The summed E-state index contributed by atoms with van der Waals surface area (Å²) < 4.78 is 6.85. The second-order valence-corrected chi connectivity index (χ2v) is 6.68. The van der Waals surface area contributed by atoms with Gasteiger partial charge in [-0.1, -0.05) is 46.3 Å². The monoisotopic (exact) mass is 386 g/mol. The fourth-order valence-electron chi connectivity index (χ4n) is 2.52. The van der Waals surface area contributed by atoms with Crippen molar-refractivity contribution < 1.29 is 9.21 Å². The first-order valence-electron chi connectivity index (χ1n) is 7.78. The van der Waals surface area contributed by atoms with Crippen LogP contribution in [0.1, 0.15) is 24.3 Å². The van der Waals surface area contributed by atoms with Crippen molar-refractivity contribution in [2.24, 2.45) is 0 Å². The Labute approximate surface area is 149 Å². The molecule has 1 atom stereocenters. The van der Waals surface area contributed by atoms with Crippen molar-refractivity contribution in [2.45, 2.75) is 19.5 Å². The summed E-state index contributed by atoms with van der Waals surface area (Å²) >= 11 is 3.43. The first-order chi connectivity index (χ1) is 11.5. The number of nitrogens with one attached hydrogen (secondary N) is 1. The molecule has 1 unspecified atom stereocenters. The van der Waals surface area contributed by atoms with Gasteiger partial charge in [0.2, 0.25) is 0 Å². The number of para-hydroxylation sites is 1. The molecule has 5 heteroatoms. The molecule has 0 radical (unpaired) electrons. The van der Waals surface area contributed by atoms with E-state index in [1.807, 2.05) is 61.5 Å². The Morgan fingerprint density at radius 3 is 2.75 bits per heavy atom. The normalized spacial score (nSPS) is 12.1. The highest BCUT2D eigenvalue weighted by Gasteiger charge is 2.20. The molecule has 1 heterocycles. The van der Waals surface area contributed by atoms with E-state index in [0.717, 1.165) is 26.8 Å². The van der Waals surface area contributed by atoms with Crippen molar-refractivity contribution in [1.82, 2.24) is 10.2 Å². The predicted octanol–water partition coefficient (Wildman–Crippen LogP) is 5.10. The average Bonchev–Trinajstić information content (AvgIpc) is 3.02. The fourth-order valence-corrected chi connectivity index (χ4v) is 2.97. The molecule has 0 aliphatic rings. The Morgan fingerprint density at radius 1 is 1.21 bits per heavy atom. The minimum absolute atomic E-state index is 0.136. The van der Waals surface area contributed by atoms with Crippen LogP contribution in [0.5, 0.6) is 0 Å². The summed E-state index contributed by atoms with van der Waals surface area (Å²) in [5.74, 6) is 0.774. The first kappa shape index (κ1) is 16.6. The molecule has 0 aliphatic carbocycles. The summed E-state index contributed by atoms with van der Waals surface area (Å²) in [4.78, 5) is 14.0. The van der Waals surface area contributed by atoms with Crippen molar-refractivity contribution in [3.05, 3.63) is 70.4 Å². The SMILES string of the molecule is CC(c1cc2ccccc2o1)N(C)C(=O)NCc1cccc(Br)c1. The van der Waals surface area contributed by atoms with Gasteiger partial charge < -0.3 is 14.6 Å². The molecular weight excluding hydrogens is 368 g/mol. The van der Waals surface area contributed by atoms with Crippen molar-refractivity contribution in [3.8, 4) is 0 Å². The molecule has 0 fully saturated rings. The number of urea groups is 1. The van der Waals surface area contributed by atoms with Crippen LogP contribution in [0.25, 0.3) is 11.0 Å². The van der Waals surface area contributed by atoms with Crippen LogP contribution in [0.15, 0.2) is 63.5 Å². The van der Waals surface area contributed by atoms with Gasteiger partial charge in [-0.2, -0.15) is 0 Å². The van der Waals surface area contributed by atoms with E-state index >= 15 is 0 Å². The van der Waals surface area contributed by atoms with E-state index in [2.05, 4.69) is 21.2 Å². The van der Waals surface area contributed by atoms with E-state index in [0.29, 0.717) is 6.54 Å². The lowest BCUT2D eigenvalue weighted by Gasteiger charge is -2.23. The Hall–Kier alpha value is -2.27. The second kappa shape index (κ2) is 7.09. The summed E-state index contributed by atoms with van der Waals surface area (Å²) in [6.07, 6.45) is 0. The summed E-state index contributed by atoms with van der Waals surface area (Å²) in [6, 6.07) is 17.4. The van der Waals surface area contributed by atoms with E-state index in [9.17, 15) is 4.79 Å². The zero-order valence-corrected chi connectivity index (χ0v) is 15.2. The summed E-state index contributed by atoms with van der Waals surface area (Å²) in [6.45, 7) is 2.44. The molecule has 24 heavy (non-hydrogen) atoms. The number of benzene rings is 2. The minimum Gasteiger partial charge on any atom is -0.459 e. The molecule has 0 saturated carbocycles. The van der Waals surface area contributed by atoms with Gasteiger partial charge in [0, 0.05) is 23.5 Å². The average molecular weight is 387 g/mol. The predicted molar refractivity (Wildman–Crippen MR) is 98.8 cm³/mol. The smallest absolute Gasteiger partial charge is 0.318 e. The molecule has 0 saturated heterocycles. The van der Waals surface area contributed by atoms with Crippen molar-refractivity contribution in [1.29, 1.82) is 0 Å². The third-order valence-electron chi connectivity index (χ3n) is 4.09. The van der Waals surface area contributed by atoms with Crippen LogP contribution in [-0.2, 0) is 6.54 Å². The van der Waals surface area contributed by atoms with Crippen LogP contribution >= 0.6 is 15.9 Å². The number of rotatable bonds is 4. The van der Waals surface area contributed by atoms with Crippen LogP contribution in [0.2, 0.25) is 0 Å². The third-order valence-corrected chi connectivity index (χ3v) is 4.58. The number of halogens is 1. The van der Waals surface area contributed by atoms with Crippen LogP contribution in [-0.4, -0.2) is 18.0 Å². The first-order valence-corrected chi connectivity index (χ1v) is 8.57. The lowest BCUT2D eigenvalue weighted by Crippen LogP contribution is -2.38. The van der Waals surface area contributed by atoms with Gasteiger partial charge in [-0.15, -0.1) is 0 Å². The number of furan rings is 1. The molecule has 0 aliphatic heterocycles. The van der Waals surface area contributed by atoms with Crippen molar-refractivity contribution in [3.63, 3.8) is 0 Å². The molecule has 4 nitrogen and oxygen atoms in total. The van der Waals surface area contributed by atoms with Gasteiger partial charge in [-0.25, -0.2) is 4.79 Å². The molecule has 3 aromatic rings. The topological polar surface area (TPSA) is 45.5 Å². The summed E-state index contributed by atoms with van der Waals surface area (Å²) in [5.41, 5.74) is 1.88. The van der Waals surface area contributed by atoms with Crippen molar-refractivity contribution in [2.75, 3.05) is 7.05 Å². The standard InChI is InChI=1S/C19H19BrN2O2/c1-13(18-11-15-7-3-4-9-17(15)24-18)22(2)19(23)21-12-14-6-5-8-16(20)10-14/h3-11,13H,12H2,1-2H3,(H,21,23). The number of nitrogens with zero attached hydrogens (tertiary/aromatic N) is 1. The quantitative estimate of drug-likeness (QED) is 0.677. The van der Waals surface area contributed by atoms with E-state index in [1.165, 1.54) is 0 Å². The molecule has 1 aromatic heterocycles. The number of carbonyl (C=O) groups is 1. The van der Waals surface area contributed by atoms with E-state index in [-0.39, 0.29) is 12.1 Å². The Bertz CT molecular complexity index is 826. The maximum absolute atomic E-state index is 12.4. The molecule has 1 N–H and O–H groups in total. The number of carbonyl (C=O) groups excluding carboxylic acids is 1. The van der Waals surface area contributed by atoms with Crippen LogP contribution < -0.4 is 5.32 Å². The molecule has 2 amide bonds. The van der Waals surface area contributed by atoms with Crippen LogP contribution in [0, 0.1) is 0 Å². The van der Waals surface area contributed by atoms with E-state index in [4.69, 9.17) is 4.42 Å². The van der Waals surface area contributed by atoms with E-state index in [1.54, 1.807) is 11.9 Å². The fraction of sp³-hybridized carbons (Fsp3) is 0.211. The zero-order chi connectivity index (χ0) is 17.1. The van der Waals surface area contributed by atoms with Gasteiger partial charge >= 0.3 is 6.03 Å². The van der Waals surface area contributed by atoms with Gasteiger partial charge in [0.25, 0.3) is 0 Å². The molecule has 0 spiro atoms. The van der Waals surface area contributed by atoms with E-state index < -0.39 is 0 Å². The summed E-state index contributed by atoms with van der Waals surface area (Å²) in [5, 5.41) is 3.98. The highest BCUT2D eigenvalue weighted by atomic mass is 79.9. The maximum atomic E-state index is 12.4. The summed E-state index contributed by atoms with van der Waals surface area (Å²) in [7, 11) is 1.77. The highest BCUT2D eigenvalue weighted by Crippen LogP contribution is 2.26. The Morgan fingerprint density at radius 2 is 2.00 bits per heavy atom. The number of fused-ring (bicyclic) bond motifs is 1. The number of hydrogen-bond donors (Lipinski definition) is 1. The molecule has 0 bridgehead atoms. The maximum Gasteiger partial charge on any atom is 0.318 e. The Kier molecular flexibility index (Phi) is 4.90. The van der Waals surface area contributed by atoms with Crippen LogP contribution in [0.3, 0.4) is 0 Å². The lowest BCUT2D eigenvalue weighted by molar-refractivity contribution is 0.187. The van der Waals surface area contributed by atoms with Gasteiger partial charge in [0.1, 0.15) is 11.3 Å². The lowest BCUT2D eigenvalue weighted by atomic mass is 10.2. The van der Waals surface area contributed by atoms with Crippen LogP contribution in [0.4, 0.5) is 4.79 Å².